The summed E-state index contributed by atoms with van der Waals surface area (Å²) in [6, 6.07) is 3.48. The van der Waals surface area contributed by atoms with Crippen LogP contribution in [-0.2, 0) is 14.3 Å². The fourth-order valence-electron chi connectivity index (χ4n) is 1.45. The molecule has 8 heteroatoms. The molecule has 0 aliphatic carbocycles. The molecule has 0 bridgehead atoms. The van der Waals surface area contributed by atoms with E-state index in [-0.39, 0.29) is 23.7 Å². The number of hydrogen-bond acceptors (Lipinski definition) is 7. The number of amides is 1. The van der Waals surface area contributed by atoms with Crippen LogP contribution in [0.15, 0.2) is 33.0 Å². The van der Waals surface area contributed by atoms with Gasteiger partial charge >= 0.3 is 5.97 Å². The molecule has 20 heavy (non-hydrogen) atoms. The largest absolute Gasteiger partial charge is 0.466 e. The second kappa shape index (κ2) is 6.90. The van der Waals surface area contributed by atoms with Crippen LogP contribution in [0.25, 0.3) is 0 Å². The number of nitrogens with one attached hydrogen (secondary N) is 1. The van der Waals surface area contributed by atoms with E-state index in [0.717, 1.165) is 0 Å². The average molecular weight is 295 g/mol. The van der Waals surface area contributed by atoms with Gasteiger partial charge in [0.2, 0.25) is 5.91 Å². The van der Waals surface area contributed by atoms with E-state index >= 15 is 0 Å². The van der Waals surface area contributed by atoms with E-state index in [1.807, 2.05) is 0 Å². The number of amidine groups is 1. The van der Waals surface area contributed by atoms with E-state index in [0.29, 0.717) is 17.3 Å². The Hall–Kier alpha value is -2.09. The van der Waals surface area contributed by atoms with E-state index in [1.54, 1.807) is 12.1 Å². The second-order valence-electron chi connectivity index (χ2n) is 3.89. The molecule has 0 unspecified atom stereocenters. The molecule has 1 saturated heterocycles. The van der Waals surface area contributed by atoms with Gasteiger partial charge in [-0.25, -0.2) is 0 Å². The molecule has 7 nitrogen and oxygen atoms in total. The molecule has 1 amide bonds. The third-order valence-electron chi connectivity index (χ3n) is 2.34. The van der Waals surface area contributed by atoms with Gasteiger partial charge in [-0.3, -0.25) is 9.59 Å². The molecule has 2 rings (SSSR count). The van der Waals surface area contributed by atoms with Crippen LogP contribution < -0.4 is 5.32 Å². The molecule has 106 valence electrons. The van der Waals surface area contributed by atoms with Gasteiger partial charge in [0.05, 0.1) is 24.3 Å². The molecular weight excluding hydrogens is 282 g/mol. The van der Waals surface area contributed by atoms with E-state index in [2.05, 4.69) is 15.5 Å². The zero-order chi connectivity index (χ0) is 14.4. The minimum absolute atomic E-state index is 0.158. The lowest BCUT2D eigenvalue weighted by Crippen LogP contribution is -2.25. The van der Waals surface area contributed by atoms with Crippen molar-refractivity contribution in [3.05, 3.63) is 24.2 Å². The summed E-state index contributed by atoms with van der Waals surface area (Å²) in [5.74, 6) is 0.0644. The van der Waals surface area contributed by atoms with Crippen molar-refractivity contribution < 1.29 is 18.7 Å². The van der Waals surface area contributed by atoms with Gasteiger partial charge in [0.15, 0.2) is 5.17 Å². The number of nitrogens with zero attached hydrogens (tertiary/aromatic N) is 2. The van der Waals surface area contributed by atoms with Gasteiger partial charge in [-0.2, -0.15) is 5.10 Å². The van der Waals surface area contributed by atoms with Crippen LogP contribution in [0.1, 0.15) is 19.1 Å². The summed E-state index contributed by atoms with van der Waals surface area (Å²) in [7, 11) is 0. The summed E-state index contributed by atoms with van der Waals surface area (Å²) < 4.78 is 9.86. The molecule has 1 aromatic rings. The highest BCUT2D eigenvalue weighted by molar-refractivity contribution is 8.15. The Labute approximate surface area is 119 Å². The quantitative estimate of drug-likeness (QED) is 0.500. The maximum Gasteiger partial charge on any atom is 0.302 e. The Bertz CT molecular complexity index is 539. The Balaban J connectivity index is 1.83. The van der Waals surface area contributed by atoms with Gasteiger partial charge < -0.3 is 14.5 Å². The van der Waals surface area contributed by atoms with Gasteiger partial charge in [0.1, 0.15) is 5.76 Å². The monoisotopic (exact) mass is 295 g/mol. The summed E-state index contributed by atoms with van der Waals surface area (Å²) in [6.45, 7) is 1.54. The van der Waals surface area contributed by atoms with Crippen LogP contribution in [0.5, 0.6) is 0 Å². The third-order valence-corrected chi connectivity index (χ3v) is 3.48. The van der Waals surface area contributed by atoms with E-state index in [1.165, 1.54) is 31.2 Å². The second-order valence-corrected chi connectivity index (χ2v) is 5.08. The molecular formula is C12H13N3O4S. The standard InChI is InChI=1S/C12H13N3O4S/c1-8(16)18-6-4-10-11(17)14-12(20-10)15-13-7-9-3-2-5-19-9/h2-3,5,7,10H,4,6H2,1H3,(H,14,15,17)/t10-/m1/s1. The van der Waals surface area contributed by atoms with E-state index < -0.39 is 0 Å². The van der Waals surface area contributed by atoms with Crippen molar-refractivity contribution in [1.29, 1.82) is 0 Å². The Morgan fingerprint density at radius 1 is 1.65 bits per heavy atom. The number of carbonyl (C=O) groups excluding carboxylic acids is 2. The first-order valence-corrected chi connectivity index (χ1v) is 6.78. The molecule has 2 heterocycles. The lowest BCUT2D eigenvalue weighted by Gasteiger charge is -2.04. The van der Waals surface area contributed by atoms with E-state index in [9.17, 15) is 9.59 Å². The van der Waals surface area contributed by atoms with Crippen molar-refractivity contribution in [2.24, 2.45) is 10.2 Å². The number of ether oxygens (including phenoxy) is 1. The first kappa shape index (κ1) is 14.3. The Kier molecular flexibility index (Phi) is 4.94. The lowest BCUT2D eigenvalue weighted by atomic mass is 10.3. The van der Waals surface area contributed by atoms with Gasteiger partial charge in [-0.15, -0.1) is 5.10 Å². The SMILES string of the molecule is CC(=O)OCC[C@H]1S/C(=N\N=Cc2ccco2)NC1=O. The topological polar surface area (TPSA) is 93.3 Å². The number of rotatable bonds is 5. The smallest absolute Gasteiger partial charge is 0.302 e. The maximum atomic E-state index is 11.6. The first-order valence-electron chi connectivity index (χ1n) is 5.90. The molecule has 1 aromatic heterocycles. The highest BCUT2D eigenvalue weighted by Gasteiger charge is 2.30. The minimum atomic E-state index is -0.356. The van der Waals surface area contributed by atoms with Crippen LogP contribution in [0, 0.1) is 0 Å². The number of thioether (sulfide) groups is 1. The molecule has 0 radical (unpaired) electrons. The Morgan fingerprint density at radius 2 is 2.50 bits per heavy atom. The molecule has 1 aliphatic heterocycles. The normalized spacial score (nSPS) is 20.6. The zero-order valence-corrected chi connectivity index (χ0v) is 11.6. The van der Waals surface area contributed by atoms with Crippen LogP contribution >= 0.6 is 11.8 Å². The first-order chi connectivity index (χ1) is 9.65. The van der Waals surface area contributed by atoms with Crippen LogP contribution in [-0.4, -0.2) is 35.1 Å². The van der Waals surface area contributed by atoms with Crippen molar-refractivity contribution in [2.75, 3.05) is 6.61 Å². The maximum absolute atomic E-state index is 11.6. The van der Waals surface area contributed by atoms with E-state index in [4.69, 9.17) is 9.15 Å². The van der Waals surface area contributed by atoms with Gasteiger partial charge in [0, 0.05) is 13.3 Å². The number of carbonyl (C=O) groups is 2. The highest BCUT2D eigenvalue weighted by atomic mass is 32.2. The number of esters is 1. The molecule has 0 saturated carbocycles. The molecule has 1 aliphatic rings. The fourth-order valence-corrected chi connectivity index (χ4v) is 2.36. The van der Waals surface area contributed by atoms with Crippen molar-refractivity contribution in [2.45, 2.75) is 18.6 Å². The molecule has 0 spiro atoms. The van der Waals surface area contributed by atoms with Gasteiger partial charge in [-0.05, 0) is 12.1 Å². The van der Waals surface area contributed by atoms with Gasteiger partial charge in [-0.1, -0.05) is 11.8 Å². The number of furan rings is 1. The zero-order valence-electron chi connectivity index (χ0n) is 10.7. The molecule has 1 N–H and O–H groups in total. The molecule has 1 fully saturated rings. The molecule has 1 atom stereocenters. The van der Waals surface area contributed by atoms with Gasteiger partial charge in [0.25, 0.3) is 0 Å². The average Bonchev–Trinajstić information content (AvgIpc) is 3.00. The lowest BCUT2D eigenvalue weighted by molar-refractivity contribution is -0.141. The van der Waals surface area contributed by atoms with Crippen molar-refractivity contribution in [3.8, 4) is 0 Å². The van der Waals surface area contributed by atoms with Crippen molar-refractivity contribution in [3.63, 3.8) is 0 Å². The van der Waals surface area contributed by atoms with Crippen LogP contribution in [0.3, 0.4) is 0 Å². The third kappa shape index (κ3) is 4.23. The number of hydrogen-bond donors (Lipinski definition) is 1. The predicted octanol–water partition coefficient (Wildman–Crippen LogP) is 1.15. The summed E-state index contributed by atoms with van der Waals surface area (Å²) in [5.41, 5.74) is 0. The van der Waals surface area contributed by atoms with Crippen molar-refractivity contribution in [1.82, 2.24) is 5.32 Å². The van der Waals surface area contributed by atoms with Crippen LogP contribution in [0.4, 0.5) is 0 Å². The minimum Gasteiger partial charge on any atom is -0.466 e. The molecule has 0 aromatic carbocycles. The highest BCUT2D eigenvalue weighted by Crippen LogP contribution is 2.22. The summed E-state index contributed by atoms with van der Waals surface area (Å²) >= 11 is 1.26. The van der Waals surface area contributed by atoms with Crippen LogP contribution in [0.2, 0.25) is 0 Å². The summed E-state index contributed by atoms with van der Waals surface area (Å²) in [5, 5.41) is 10.4. The fraction of sp³-hybridized carbons (Fsp3) is 0.333. The van der Waals surface area contributed by atoms with Crippen molar-refractivity contribution >= 4 is 35.0 Å². The summed E-state index contributed by atoms with van der Waals surface area (Å²) in [4.78, 5) is 22.3. The predicted molar refractivity (Wildman–Crippen MR) is 74.5 cm³/mol. The Morgan fingerprint density at radius 3 is 3.20 bits per heavy atom. The summed E-state index contributed by atoms with van der Waals surface area (Å²) in [6.07, 6.45) is 3.43.